The Morgan fingerprint density at radius 1 is 0.970 bits per heavy atom. The number of nitrogens with zero attached hydrogens (tertiary/aromatic N) is 2. The van der Waals surface area contributed by atoms with Crippen molar-refractivity contribution in [3.8, 4) is 17.4 Å². The topological polar surface area (TPSA) is 128 Å². The Balaban J connectivity index is 1.61. The molecule has 9 nitrogen and oxygen atoms in total. The molecule has 2 aromatic heterocycles. The normalized spacial score (nSPS) is 11.6. The molecule has 0 spiro atoms. The van der Waals surface area contributed by atoms with Gasteiger partial charge in [-0.2, -0.15) is 4.31 Å². The van der Waals surface area contributed by atoms with E-state index in [1.54, 1.807) is 36.7 Å². The average molecular weight is 467 g/mol. The Labute approximate surface area is 190 Å². The summed E-state index contributed by atoms with van der Waals surface area (Å²) in [6.07, 6.45) is 3.14. The maximum Gasteiger partial charge on any atom is 0.326 e. The maximum atomic E-state index is 13.4. The number of aromatic hydroxyl groups is 1. The van der Waals surface area contributed by atoms with Gasteiger partial charge in [0.15, 0.2) is 0 Å². The number of hydrogen-bond donors (Lipinski definition) is 3. The van der Waals surface area contributed by atoms with Crippen molar-refractivity contribution in [1.82, 2.24) is 19.3 Å². The van der Waals surface area contributed by atoms with E-state index in [0.717, 1.165) is 9.87 Å². The summed E-state index contributed by atoms with van der Waals surface area (Å²) in [7, 11) is -4.00. The minimum absolute atomic E-state index is 0.00948. The van der Waals surface area contributed by atoms with Gasteiger partial charge in [-0.3, -0.25) is 9.97 Å². The molecule has 33 heavy (non-hydrogen) atoms. The molecule has 0 aliphatic carbocycles. The largest absolute Gasteiger partial charge is 0.493 e. The Morgan fingerprint density at radius 3 is 2.21 bits per heavy atom. The smallest absolute Gasteiger partial charge is 0.326 e. The van der Waals surface area contributed by atoms with Gasteiger partial charge in [0, 0.05) is 18.9 Å². The van der Waals surface area contributed by atoms with Crippen LogP contribution in [0.5, 0.6) is 17.4 Å². The van der Waals surface area contributed by atoms with Gasteiger partial charge in [0.2, 0.25) is 15.9 Å². The standard InChI is InChI=1S/C23H22N4O5S/c1-16-4-6-18(7-5-16)32-19-8-10-20(11-9-19)33(30,31)27(14-17-3-2-12-24-13-17)15-21-22(28)26-23(29)25-21/h2-13,28H,14-15H2,1H3,(H2,25,26,29). The minimum atomic E-state index is -4.00. The number of hydrogen-bond acceptors (Lipinski definition) is 6. The quantitative estimate of drug-likeness (QED) is 0.366. The summed E-state index contributed by atoms with van der Waals surface area (Å²) in [5, 5.41) is 9.94. The molecule has 0 radical (unpaired) electrons. The minimum Gasteiger partial charge on any atom is -0.493 e. The number of pyridine rings is 1. The molecule has 0 fully saturated rings. The first-order chi connectivity index (χ1) is 15.8. The van der Waals surface area contributed by atoms with Gasteiger partial charge in [-0.25, -0.2) is 13.2 Å². The average Bonchev–Trinajstić information content (AvgIpc) is 3.12. The number of rotatable bonds is 8. The van der Waals surface area contributed by atoms with Gasteiger partial charge in [-0.05, 0) is 55.0 Å². The molecule has 0 unspecified atom stereocenters. The van der Waals surface area contributed by atoms with Crippen molar-refractivity contribution in [2.45, 2.75) is 24.9 Å². The third-order valence-corrected chi connectivity index (χ3v) is 6.72. The lowest BCUT2D eigenvalue weighted by Gasteiger charge is -2.22. The number of aryl methyl sites for hydroxylation is 1. The number of aromatic nitrogens is 3. The number of sulfonamides is 1. The third kappa shape index (κ3) is 5.30. The van der Waals surface area contributed by atoms with Crippen LogP contribution in [0, 0.1) is 6.92 Å². The lowest BCUT2D eigenvalue weighted by Crippen LogP contribution is -2.30. The van der Waals surface area contributed by atoms with Crippen LogP contribution in [0.25, 0.3) is 0 Å². The predicted octanol–water partition coefficient (Wildman–Crippen LogP) is 3.30. The van der Waals surface area contributed by atoms with Crippen molar-refractivity contribution in [2.24, 2.45) is 0 Å². The van der Waals surface area contributed by atoms with Crippen molar-refractivity contribution in [2.75, 3.05) is 0 Å². The molecule has 4 aromatic rings. The SMILES string of the molecule is Cc1ccc(Oc2ccc(S(=O)(=O)N(Cc3cccnc3)Cc3[nH]c(=O)[nH]c3O)cc2)cc1. The molecule has 0 saturated carbocycles. The van der Waals surface area contributed by atoms with Crippen LogP contribution >= 0.6 is 0 Å². The molecule has 170 valence electrons. The number of nitrogens with one attached hydrogen (secondary N) is 2. The molecule has 0 aliphatic heterocycles. The molecule has 10 heteroatoms. The summed E-state index contributed by atoms with van der Waals surface area (Å²) in [6, 6.07) is 17.0. The Morgan fingerprint density at radius 2 is 1.64 bits per heavy atom. The van der Waals surface area contributed by atoms with E-state index in [9.17, 15) is 18.3 Å². The molecule has 0 aliphatic rings. The fourth-order valence-corrected chi connectivity index (χ4v) is 4.59. The highest BCUT2D eigenvalue weighted by molar-refractivity contribution is 7.89. The predicted molar refractivity (Wildman–Crippen MR) is 121 cm³/mol. The second-order valence-corrected chi connectivity index (χ2v) is 9.37. The van der Waals surface area contributed by atoms with Gasteiger partial charge in [-0.1, -0.05) is 23.8 Å². The molecule has 2 heterocycles. The summed E-state index contributed by atoms with van der Waals surface area (Å²) in [5.74, 6) is 0.721. The van der Waals surface area contributed by atoms with E-state index in [-0.39, 0.29) is 23.7 Å². The van der Waals surface area contributed by atoms with E-state index in [4.69, 9.17) is 4.74 Å². The molecule has 3 N–H and O–H groups in total. The summed E-state index contributed by atoms with van der Waals surface area (Å²) in [6.45, 7) is 1.72. The van der Waals surface area contributed by atoms with Crippen LogP contribution in [0.15, 0.2) is 82.7 Å². The highest BCUT2D eigenvalue weighted by atomic mass is 32.2. The van der Waals surface area contributed by atoms with Gasteiger partial charge in [-0.15, -0.1) is 0 Å². The van der Waals surface area contributed by atoms with Crippen molar-refractivity contribution in [3.63, 3.8) is 0 Å². The van der Waals surface area contributed by atoms with Crippen molar-refractivity contribution in [1.29, 1.82) is 0 Å². The molecule has 0 saturated heterocycles. The first-order valence-electron chi connectivity index (χ1n) is 10.0. The summed E-state index contributed by atoms with van der Waals surface area (Å²) in [4.78, 5) is 20.2. The molecule has 2 aromatic carbocycles. The first kappa shape index (κ1) is 22.3. The van der Waals surface area contributed by atoms with Gasteiger partial charge in [0.05, 0.1) is 17.1 Å². The van der Waals surface area contributed by atoms with E-state index in [2.05, 4.69) is 15.0 Å². The second kappa shape index (κ2) is 9.31. The van der Waals surface area contributed by atoms with Gasteiger partial charge in [0.25, 0.3) is 0 Å². The van der Waals surface area contributed by atoms with Crippen LogP contribution in [-0.2, 0) is 23.1 Å². The lowest BCUT2D eigenvalue weighted by atomic mass is 10.2. The molecule has 0 bridgehead atoms. The monoisotopic (exact) mass is 466 g/mol. The fraction of sp³-hybridized carbons (Fsp3) is 0.130. The lowest BCUT2D eigenvalue weighted by molar-refractivity contribution is 0.381. The first-order valence-corrected chi connectivity index (χ1v) is 11.5. The van der Waals surface area contributed by atoms with Gasteiger partial charge < -0.3 is 14.8 Å². The van der Waals surface area contributed by atoms with E-state index in [1.165, 1.54) is 12.1 Å². The number of ether oxygens (including phenoxy) is 1. The van der Waals surface area contributed by atoms with E-state index in [0.29, 0.717) is 17.1 Å². The van der Waals surface area contributed by atoms with Crippen LogP contribution in [0.4, 0.5) is 0 Å². The van der Waals surface area contributed by atoms with Crippen molar-refractivity contribution >= 4 is 10.0 Å². The van der Waals surface area contributed by atoms with E-state index in [1.807, 2.05) is 31.2 Å². The van der Waals surface area contributed by atoms with Gasteiger partial charge in [0.1, 0.15) is 11.5 Å². The summed E-state index contributed by atoms with van der Waals surface area (Å²) < 4.78 is 33.8. The zero-order chi connectivity index (χ0) is 23.4. The van der Waals surface area contributed by atoms with Gasteiger partial charge >= 0.3 is 5.69 Å². The molecule has 0 atom stereocenters. The molecule has 4 rings (SSSR count). The van der Waals surface area contributed by atoms with Crippen molar-refractivity contribution < 1.29 is 18.3 Å². The highest BCUT2D eigenvalue weighted by Crippen LogP contribution is 2.26. The molecular weight excluding hydrogens is 444 g/mol. The summed E-state index contributed by atoms with van der Waals surface area (Å²) in [5.41, 5.74) is 1.19. The molecular formula is C23H22N4O5S. The maximum absolute atomic E-state index is 13.4. The van der Waals surface area contributed by atoms with Crippen LogP contribution in [-0.4, -0.2) is 32.8 Å². The third-order valence-electron chi connectivity index (χ3n) is 4.92. The van der Waals surface area contributed by atoms with Crippen LogP contribution in [0.3, 0.4) is 0 Å². The zero-order valence-corrected chi connectivity index (χ0v) is 18.5. The summed E-state index contributed by atoms with van der Waals surface area (Å²) >= 11 is 0. The van der Waals surface area contributed by atoms with E-state index < -0.39 is 21.6 Å². The Bertz CT molecular complexity index is 1380. The van der Waals surface area contributed by atoms with Crippen LogP contribution in [0.1, 0.15) is 16.8 Å². The van der Waals surface area contributed by atoms with Crippen LogP contribution in [0.2, 0.25) is 0 Å². The zero-order valence-electron chi connectivity index (χ0n) is 17.7. The number of aromatic amines is 2. The number of H-pyrrole nitrogens is 2. The molecule has 0 amide bonds. The highest BCUT2D eigenvalue weighted by Gasteiger charge is 2.27. The number of imidazole rings is 1. The fourth-order valence-electron chi connectivity index (χ4n) is 3.19. The Kier molecular flexibility index (Phi) is 6.29. The Hall–Kier alpha value is -3.89. The van der Waals surface area contributed by atoms with E-state index >= 15 is 0 Å². The second-order valence-electron chi connectivity index (χ2n) is 7.43. The number of benzene rings is 2. The van der Waals surface area contributed by atoms with Crippen molar-refractivity contribution in [3.05, 3.63) is 100 Å². The van der Waals surface area contributed by atoms with Crippen LogP contribution < -0.4 is 10.4 Å².